The highest BCUT2D eigenvalue weighted by molar-refractivity contribution is 7.86. The third-order valence-electron chi connectivity index (χ3n) is 5.52. The third kappa shape index (κ3) is 4.51. The summed E-state index contributed by atoms with van der Waals surface area (Å²) in [5, 5.41) is 4.52. The lowest BCUT2D eigenvalue weighted by Crippen LogP contribution is -2.48. The van der Waals surface area contributed by atoms with Crippen LogP contribution in [0, 0.1) is 5.82 Å². The minimum absolute atomic E-state index is 0.221. The smallest absolute Gasteiger partial charge is 0.282 e. The van der Waals surface area contributed by atoms with Gasteiger partial charge in [-0.1, -0.05) is 12.1 Å². The van der Waals surface area contributed by atoms with Crippen molar-refractivity contribution in [1.82, 2.24) is 18.4 Å². The summed E-state index contributed by atoms with van der Waals surface area (Å²) in [5.74, 6) is -0.170. The number of morpholine rings is 1. The SMILES string of the molecule is Cn1nc([C@H]2CN(S(=O)(=O)N3CCCC3)CCO2)cc1CCOc1ccccc1F. The maximum absolute atomic E-state index is 13.7. The predicted octanol–water partition coefficient (Wildman–Crippen LogP) is 1.89. The van der Waals surface area contributed by atoms with E-state index < -0.39 is 22.1 Å². The van der Waals surface area contributed by atoms with Gasteiger partial charge in [0.05, 0.1) is 18.9 Å². The van der Waals surface area contributed by atoms with Gasteiger partial charge in [0.2, 0.25) is 0 Å². The first-order valence-electron chi connectivity index (χ1n) is 10.2. The quantitative estimate of drug-likeness (QED) is 0.660. The first kappa shape index (κ1) is 21.2. The summed E-state index contributed by atoms with van der Waals surface area (Å²) in [6.45, 7) is 2.41. The first-order valence-corrected chi connectivity index (χ1v) is 11.6. The van der Waals surface area contributed by atoms with Crippen molar-refractivity contribution in [3.8, 4) is 5.75 Å². The van der Waals surface area contributed by atoms with Gasteiger partial charge in [-0.25, -0.2) is 4.39 Å². The second-order valence-electron chi connectivity index (χ2n) is 7.54. The van der Waals surface area contributed by atoms with Crippen molar-refractivity contribution in [2.45, 2.75) is 25.4 Å². The number of rotatable bonds is 7. The number of hydrogen-bond donors (Lipinski definition) is 0. The molecule has 4 rings (SSSR count). The average Bonchev–Trinajstić information content (AvgIpc) is 3.41. The van der Waals surface area contributed by atoms with Gasteiger partial charge in [0.25, 0.3) is 10.2 Å². The molecule has 0 saturated carbocycles. The summed E-state index contributed by atoms with van der Waals surface area (Å²) >= 11 is 0. The van der Waals surface area contributed by atoms with Crippen LogP contribution in [0.25, 0.3) is 0 Å². The Morgan fingerprint density at radius 2 is 1.97 bits per heavy atom. The highest BCUT2D eigenvalue weighted by atomic mass is 32.2. The molecule has 2 fully saturated rings. The molecule has 2 aromatic rings. The lowest BCUT2D eigenvalue weighted by molar-refractivity contribution is -0.00672. The molecule has 10 heteroatoms. The van der Waals surface area contributed by atoms with Crippen LogP contribution in [0.1, 0.15) is 30.3 Å². The highest BCUT2D eigenvalue weighted by Gasteiger charge is 2.36. The molecular formula is C20H27FN4O4S. The third-order valence-corrected chi connectivity index (χ3v) is 7.53. The van der Waals surface area contributed by atoms with E-state index in [0.717, 1.165) is 18.5 Å². The number of aromatic nitrogens is 2. The Bertz CT molecular complexity index is 975. The van der Waals surface area contributed by atoms with Gasteiger partial charge in [0.15, 0.2) is 11.6 Å². The van der Waals surface area contributed by atoms with E-state index >= 15 is 0 Å². The van der Waals surface area contributed by atoms with E-state index in [9.17, 15) is 12.8 Å². The molecule has 0 unspecified atom stereocenters. The molecule has 8 nitrogen and oxygen atoms in total. The van der Waals surface area contributed by atoms with E-state index in [2.05, 4.69) is 5.10 Å². The van der Waals surface area contributed by atoms with E-state index in [1.165, 1.54) is 10.4 Å². The standard InChI is InChI=1S/C20H27FN4O4S/c1-23-16(8-12-28-19-7-3-2-6-17(19)21)14-18(22-23)20-15-25(11-13-29-20)30(26,27)24-9-4-5-10-24/h2-3,6-7,14,20H,4-5,8-13,15H2,1H3/t20-/m1/s1. The molecule has 0 aliphatic carbocycles. The normalized spacial score (nSPS) is 21.2. The van der Waals surface area contributed by atoms with Crippen LogP contribution >= 0.6 is 0 Å². The van der Waals surface area contributed by atoms with Gasteiger partial charge in [-0.05, 0) is 31.0 Å². The van der Waals surface area contributed by atoms with Gasteiger partial charge in [-0.15, -0.1) is 0 Å². The van der Waals surface area contributed by atoms with Crippen LogP contribution < -0.4 is 4.74 Å². The van der Waals surface area contributed by atoms with Crippen LogP contribution in [-0.2, 0) is 28.4 Å². The van der Waals surface area contributed by atoms with Crippen molar-refractivity contribution in [1.29, 1.82) is 0 Å². The zero-order valence-corrected chi connectivity index (χ0v) is 17.9. The Morgan fingerprint density at radius 3 is 2.73 bits per heavy atom. The molecule has 2 saturated heterocycles. The fraction of sp³-hybridized carbons (Fsp3) is 0.550. The number of nitrogens with zero attached hydrogens (tertiary/aromatic N) is 4. The fourth-order valence-corrected chi connectivity index (χ4v) is 5.52. The summed E-state index contributed by atoms with van der Waals surface area (Å²) in [4.78, 5) is 0. The molecule has 3 heterocycles. The minimum atomic E-state index is -3.46. The van der Waals surface area contributed by atoms with Gasteiger partial charge < -0.3 is 9.47 Å². The number of halogens is 1. The second-order valence-corrected chi connectivity index (χ2v) is 9.47. The van der Waals surface area contributed by atoms with Crippen molar-refractivity contribution in [2.24, 2.45) is 7.05 Å². The monoisotopic (exact) mass is 438 g/mol. The summed E-state index contributed by atoms with van der Waals surface area (Å²) in [7, 11) is -1.64. The molecule has 1 aromatic heterocycles. The molecule has 0 radical (unpaired) electrons. The summed E-state index contributed by atoms with van der Waals surface area (Å²) in [6.07, 6.45) is 1.95. The van der Waals surface area contributed by atoms with Crippen molar-refractivity contribution >= 4 is 10.2 Å². The van der Waals surface area contributed by atoms with E-state index in [0.29, 0.717) is 45.0 Å². The van der Waals surface area contributed by atoms with Crippen LogP contribution in [0.2, 0.25) is 0 Å². The van der Waals surface area contributed by atoms with E-state index in [1.807, 2.05) is 13.1 Å². The van der Waals surface area contributed by atoms with Crippen LogP contribution in [0.5, 0.6) is 5.75 Å². The zero-order chi connectivity index (χ0) is 21.1. The summed E-state index contributed by atoms with van der Waals surface area (Å²) in [6, 6.07) is 8.20. The maximum atomic E-state index is 13.7. The lowest BCUT2D eigenvalue weighted by atomic mass is 10.2. The van der Waals surface area contributed by atoms with Crippen LogP contribution in [-0.4, -0.2) is 66.2 Å². The molecule has 0 bridgehead atoms. The molecule has 0 N–H and O–H groups in total. The molecule has 2 aliphatic heterocycles. The number of ether oxygens (including phenoxy) is 2. The largest absolute Gasteiger partial charge is 0.490 e. The van der Waals surface area contributed by atoms with Crippen LogP contribution in [0.15, 0.2) is 30.3 Å². The zero-order valence-electron chi connectivity index (χ0n) is 17.0. The second kappa shape index (κ2) is 9.01. The van der Waals surface area contributed by atoms with Gasteiger partial charge in [0.1, 0.15) is 6.10 Å². The van der Waals surface area contributed by atoms with Crippen LogP contribution in [0.3, 0.4) is 0 Å². The van der Waals surface area contributed by atoms with Crippen LogP contribution in [0.4, 0.5) is 4.39 Å². The van der Waals surface area contributed by atoms with Gasteiger partial charge in [-0.3, -0.25) is 4.68 Å². The van der Waals surface area contributed by atoms with Crippen molar-refractivity contribution in [3.05, 3.63) is 47.5 Å². The van der Waals surface area contributed by atoms with Gasteiger partial charge in [-0.2, -0.15) is 22.1 Å². The van der Waals surface area contributed by atoms with Crippen molar-refractivity contribution < 1.29 is 22.3 Å². The van der Waals surface area contributed by atoms with E-state index in [4.69, 9.17) is 9.47 Å². The molecule has 1 aromatic carbocycles. The molecular weight excluding hydrogens is 411 g/mol. The Hall–Kier alpha value is -2.01. The molecule has 0 amide bonds. The van der Waals surface area contributed by atoms with E-state index in [1.54, 1.807) is 27.2 Å². The molecule has 164 valence electrons. The number of para-hydroxylation sites is 1. The topological polar surface area (TPSA) is 76.9 Å². The molecule has 2 aliphatic rings. The highest BCUT2D eigenvalue weighted by Crippen LogP contribution is 2.26. The van der Waals surface area contributed by atoms with Crippen molar-refractivity contribution in [3.63, 3.8) is 0 Å². The number of benzene rings is 1. The first-order chi connectivity index (χ1) is 14.4. The predicted molar refractivity (Wildman–Crippen MR) is 109 cm³/mol. The Morgan fingerprint density at radius 1 is 1.20 bits per heavy atom. The Labute approximate surface area is 176 Å². The lowest BCUT2D eigenvalue weighted by Gasteiger charge is -2.33. The average molecular weight is 439 g/mol. The van der Waals surface area contributed by atoms with E-state index in [-0.39, 0.29) is 12.3 Å². The fourth-order valence-electron chi connectivity index (χ4n) is 3.85. The molecule has 30 heavy (non-hydrogen) atoms. The summed E-state index contributed by atoms with van der Waals surface area (Å²) in [5.41, 5.74) is 1.60. The Balaban J connectivity index is 1.39. The minimum Gasteiger partial charge on any atom is -0.490 e. The number of hydrogen-bond acceptors (Lipinski definition) is 5. The molecule has 1 atom stereocenters. The van der Waals surface area contributed by atoms with Gasteiger partial charge in [0, 0.05) is 45.3 Å². The van der Waals surface area contributed by atoms with Crippen molar-refractivity contribution in [2.75, 3.05) is 39.4 Å². The Kier molecular flexibility index (Phi) is 6.37. The maximum Gasteiger partial charge on any atom is 0.282 e. The van der Waals surface area contributed by atoms with Gasteiger partial charge >= 0.3 is 0 Å². The number of aryl methyl sites for hydroxylation is 1. The summed E-state index contributed by atoms with van der Waals surface area (Å²) < 4.78 is 55.5. The molecule has 0 spiro atoms.